The molecule has 0 bridgehead atoms. The normalized spacial score (nSPS) is 26.0. The lowest BCUT2D eigenvalue weighted by Gasteiger charge is -2.39. The molecule has 0 spiro atoms. The van der Waals surface area contributed by atoms with Crippen LogP contribution in [0.4, 0.5) is 0 Å². The zero-order valence-corrected chi connectivity index (χ0v) is 12.6. The average molecular weight is 288 g/mol. The molecular formula is C17H24N2O2. The van der Waals surface area contributed by atoms with E-state index in [4.69, 9.17) is 0 Å². The number of carbonyl (C=O) groups excluding carboxylic acids is 1. The molecule has 1 aromatic carbocycles. The van der Waals surface area contributed by atoms with Gasteiger partial charge >= 0.3 is 0 Å². The van der Waals surface area contributed by atoms with Crippen LogP contribution in [0.3, 0.4) is 0 Å². The molecule has 1 amide bonds. The zero-order valence-electron chi connectivity index (χ0n) is 12.6. The molecule has 0 aromatic heterocycles. The van der Waals surface area contributed by atoms with E-state index in [-0.39, 0.29) is 17.7 Å². The van der Waals surface area contributed by atoms with Crippen molar-refractivity contribution in [2.45, 2.75) is 51.1 Å². The summed E-state index contributed by atoms with van der Waals surface area (Å²) in [6.45, 7) is 3.80. The third-order valence-corrected chi connectivity index (χ3v) is 4.76. The van der Waals surface area contributed by atoms with Gasteiger partial charge in [-0.3, -0.25) is 4.79 Å². The van der Waals surface area contributed by atoms with Gasteiger partial charge in [-0.25, -0.2) is 0 Å². The molecule has 2 atom stereocenters. The van der Waals surface area contributed by atoms with Crippen LogP contribution in [-0.2, 0) is 0 Å². The van der Waals surface area contributed by atoms with Gasteiger partial charge in [-0.05, 0) is 57.7 Å². The fraction of sp³-hybridized carbons (Fsp3) is 0.588. The maximum absolute atomic E-state index is 12.9. The molecule has 2 aliphatic rings. The van der Waals surface area contributed by atoms with E-state index < -0.39 is 0 Å². The molecule has 2 unspecified atom stereocenters. The Labute approximate surface area is 126 Å². The number of piperidine rings is 1. The molecule has 2 N–H and O–H groups in total. The Balaban J connectivity index is 1.85. The van der Waals surface area contributed by atoms with E-state index >= 15 is 0 Å². The highest BCUT2D eigenvalue weighted by Crippen LogP contribution is 2.28. The number of rotatable bonds is 2. The number of carbonyl (C=O) groups is 1. The summed E-state index contributed by atoms with van der Waals surface area (Å²) < 4.78 is 0. The molecule has 3 rings (SSSR count). The summed E-state index contributed by atoms with van der Waals surface area (Å²) in [5, 5.41) is 13.6. The number of likely N-dealkylation sites (tertiary alicyclic amines) is 1. The Kier molecular flexibility index (Phi) is 4.15. The van der Waals surface area contributed by atoms with E-state index in [0.717, 1.165) is 37.9 Å². The van der Waals surface area contributed by atoms with Gasteiger partial charge in [-0.1, -0.05) is 11.6 Å². The molecule has 2 aliphatic heterocycles. The molecule has 114 valence electrons. The van der Waals surface area contributed by atoms with Crippen molar-refractivity contribution in [3.05, 3.63) is 29.3 Å². The number of nitrogens with one attached hydrogen (secondary N) is 1. The predicted molar refractivity (Wildman–Crippen MR) is 82.5 cm³/mol. The van der Waals surface area contributed by atoms with Crippen molar-refractivity contribution < 1.29 is 9.90 Å². The molecule has 4 nitrogen and oxygen atoms in total. The standard InChI is InChI=1S/C17H24N2O2/c1-12-7-8-16(20)13(11-12)17(21)19-10-3-2-6-15(19)14-5-4-9-18-14/h7-8,11,14-15,18,20H,2-6,9-10H2,1H3. The number of nitrogens with zero attached hydrogens (tertiary/aromatic N) is 1. The summed E-state index contributed by atoms with van der Waals surface area (Å²) in [5.41, 5.74) is 1.45. The summed E-state index contributed by atoms with van der Waals surface area (Å²) in [5.74, 6) is 0.0731. The molecule has 2 saturated heterocycles. The van der Waals surface area contributed by atoms with E-state index in [2.05, 4.69) is 5.32 Å². The van der Waals surface area contributed by atoms with Crippen molar-refractivity contribution in [1.29, 1.82) is 0 Å². The highest BCUT2D eigenvalue weighted by molar-refractivity contribution is 5.97. The molecule has 0 radical (unpaired) electrons. The predicted octanol–water partition coefficient (Wildman–Crippen LogP) is 2.45. The average Bonchev–Trinajstić information content (AvgIpc) is 3.03. The lowest BCUT2D eigenvalue weighted by atomic mass is 9.93. The van der Waals surface area contributed by atoms with Crippen molar-refractivity contribution in [1.82, 2.24) is 10.2 Å². The van der Waals surface area contributed by atoms with E-state index in [1.807, 2.05) is 17.9 Å². The fourth-order valence-electron chi connectivity index (χ4n) is 3.64. The van der Waals surface area contributed by atoms with Crippen LogP contribution in [0.25, 0.3) is 0 Å². The minimum absolute atomic E-state index is 0.0189. The minimum atomic E-state index is -0.0189. The van der Waals surface area contributed by atoms with Gasteiger partial charge in [0.15, 0.2) is 0 Å². The monoisotopic (exact) mass is 288 g/mol. The van der Waals surface area contributed by atoms with Crippen LogP contribution in [-0.4, -0.2) is 41.1 Å². The smallest absolute Gasteiger partial charge is 0.257 e. The van der Waals surface area contributed by atoms with Crippen LogP contribution in [0.5, 0.6) is 5.75 Å². The maximum Gasteiger partial charge on any atom is 0.257 e. The molecule has 1 aromatic rings. The van der Waals surface area contributed by atoms with Gasteiger partial charge in [0.1, 0.15) is 5.75 Å². The third kappa shape index (κ3) is 2.91. The van der Waals surface area contributed by atoms with Gasteiger partial charge in [0.05, 0.1) is 5.56 Å². The number of phenolic OH excluding ortho intramolecular Hbond substituents is 1. The molecule has 4 heteroatoms. The number of aryl methyl sites for hydroxylation is 1. The molecule has 2 heterocycles. The van der Waals surface area contributed by atoms with Crippen LogP contribution in [0.1, 0.15) is 48.0 Å². The first kappa shape index (κ1) is 14.4. The van der Waals surface area contributed by atoms with Crippen LogP contribution in [0, 0.1) is 6.92 Å². The number of hydrogen-bond acceptors (Lipinski definition) is 3. The molecular weight excluding hydrogens is 264 g/mol. The lowest BCUT2D eigenvalue weighted by molar-refractivity contribution is 0.0560. The van der Waals surface area contributed by atoms with Gasteiger partial charge in [0.25, 0.3) is 5.91 Å². The first-order valence-electron chi connectivity index (χ1n) is 8.01. The lowest BCUT2D eigenvalue weighted by Crippen LogP contribution is -2.52. The van der Waals surface area contributed by atoms with Crippen molar-refractivity contribution in [3.63, 3.8) is 0 Å². The first-order valence-corrected chi connectivity index (χ1v) is 8.01. The largest absolute Gasteiger partial charge is 0.507 e. The van der Waals surface area contributed by atoms with Gasteiger partial charge < -0.3 is 15.3 Å². The summed E-state index contributed by atoms with van der Waals surface area (Å²) in [7, 11) is 0. The summed E-state index contributed by atoms with van der Waals surface area (Å²) in [6.07, 6.45) is 5.65. The first-order chi connectivity index (χ1) is 10.2. The van der Waals surface area contributed by atoms with Crippen molar-refractivity contribution >= 4 is 5.91 Å². The van der Waals surface area contributed by atoms with Gasteiger partial charge in [0.2, 0.25) is 0 Å². The second kappa shape index (κ2) is 6.06. The van der Waals surface area contributed by atoms with Crippen molar-refractivity contribution in [2.24, 2.45) is 0 Å². The second-order valence-corrected chi connectivity index (χ2v) is 6.29. The van der Waals surface area contributed by atoms with Crippen LogP contribution in [0.15, 0.2) is 18.2 Å². The van der Waals surface area contributed by atoms with E-state index in [1.54, 1.807) is 12.1 Å². The SMILES string of the molecule is Cc1ccc(O)c(C(=O)N2CCCCC2C2CCCN2)c1. The Morgan fingerprint density at radius 2 is 2.14 bits per heavy atom. The highest BCUT2D eigenvalue weighted by atomic mass is 16.3. The fourth-order valence-corrected chi connectivity index (χ4v) is 3.64. The van der Waals surface area contributed by atoms with E-state index in [0.29, 0.717) is 11.6 Å². The van der Waals surface area contributed by atoms with E-state index in [1.165, 1.54) is 12.8 Å². The Bertz CT molecular complexity index is 524. The van der Waals surface area contributed by atoms with Crippen molar-refractivity contribution in [2.75, 3.05) is 13.1 Å². The zero-order chi connectivity index (χ0) is 14.8. The molecule has 2 fully saturated rings. The maximum atomic E-state index is 12.9. The van der Waals surface area contributed by atoms with Gasteiger partial charge in [0, 0.05) is 18.6 Å². The van der Waals surface area contributed by atoms with Gasteiger partial charge in [-0.2, -0.15) is 0 Å². The Morgan fingerprint density at radius 1 is 1.29 bits per heavy atom. The number of aromatic hydroxyl groups is 1. The third-order valence-electron chi connectivity index (χ3n) is 4.76. The Morgan fingerprint density at radius 3 is 2.90 bits per heavy atom. The van der Waals surface area contributed by atoms with E-state index in [9.17, 15) is 9.90 Å². The van der Waals surface area contributed by atoms with Crippen LogP contribution >= 0.6 is 0 Å². The van der Waals surface area contributed by atoms with Crippen LogP contribution in [0.2, 0.25) is 0 Å². The summed E-state index contributed by atoms with van der Waals surface area (Å²) in [4.78, 5) is 14.9. The second-order valence-electron chi connectivity index (χ2n) is 6.29. The number of benzene rings is 1. The quantitative estimate of drug-likeness (QED) is 0.879. The number of amides is 1. The van der Waals surface area contributed by atoms with Crippen LogP contribution < -0.4 is 5.32 Å². The van der Waals surface area contributed by atoms with Gasteiger partial charge in [-0.15, -0.1) is 0 Å². The van der Waals surface area contributed by atoms with Crippen molar-refractivity contribution in [3.8, 4) is 5.75 Å². The summed E-state index contributed by atoms with van der Waals surface area (Å²) in [6, 6.07) is 5.94. The molecule has 0 aliphatic carbocycles. The minimum Gasteiger partial charge on any atom is -0.507 e. The topological polar surface area (TPSA) is 52.6 Å². The molecule has 0 saturated carbocycles. The highest BCUT2D eigenvalue weighted by Gasteiger charge is 2.35. The molecule has 21 heavy (non-hydrogen) atoms. The summed E-state index contributed by atoms with van der Waals surface area (Å²) >= 11 is 0. The number of hydrogen-bond donors (Lipinski definition) is 2. The Hall–Kier alpha value is -1.55. The number of phenols is 1.